The molecule has 1 heterocycles. The topological polar surface area (TPSA) is 53.1 Å². The van der Waals surface area contributed by atoms with E-state index < -0.39 is 12.6 Å². The van der Waals surface area contributed by atoms with Crippen LogP contribution in [0.25, 0.3) is 10.9 Å². The molecule has 2 rings (SSSR count). The number of rotatable bonds is 2. The van der Waals surface area contributed by atoms with Crippen LogP contribution in [0, 0.1) is 0 Å². The molecule has 0 unspecified atom stereocenters. The number of carboxylic acids is 1. The van der Waals surface area contributed by atoms with Crippen molar-refractivity contribution in [2.24, 2.45) is 0 Å². The SMILES string of the molecule is O=C(O)c1ccc2c(CF)c[nH]c2c1. The highest BCUT2D eigenvalue weighted by molar-refractivity contribution is 5.94. The molecule has 72 valence electrons. The average molecular weight is 193 g/mol. The average Bonchev–Trinajstić information content (AvgIpc) is 2.59. The number of hydrogen-bond donors (Lipinski definition) is 2. The predicted octanol–water partition coefficient (Wildman–Crippen LogP) is 2.34. The highest BCUT2D eigenvalue weighted by atomic mass is 19.1. The zero-order valence-corrected chi connectivity index (χ0v) is 7.25. The van der Waals surface area contributed by atoms with Crippen molar-refractivity contribution in [3.63, 3.8) is 0 Å². The van der Waals surface area contributed by atoms with Crippen LogP contribution in [0.2, 0.25) is 0 Å². The van der Waals surface area contributed by atoms with Gasteiger partial charge in [0, 0.05) is 22.7 Å². The number of alkyl halides is 1. The number of nitrogens with one attached hydrogen (secondary N) is 1. The van der Waals surface area contributed by atoms with E-state index in [0.717, 1.165) is 5.39 Å². The highest BCUT2D eigenvalue weighted by Gasteiger charge is 2.07. The first-order valence-corrected chi connectivity index (χ1v) is 4.11. The molecule has 3 nitrogen and oxygen atoms in total. The van der Waals surface area contributed by atoms with E-state index in [1.54, 1.807) is 12.3 Å². The molecule has 0 radical (unpaired) electrons. The lowest BCUT2D eigenvalue weighted by atomic mass is 10.1. The van der Waals surface area contributed by atoms with E-state index in [-0.39, 0.29) is 5.56 Å². The van der Waals surface area contributed by atoms with Gasteiger partial charge in [0.15, 0.2) is 0 Å². The number of aromatic amines is 1. The monoisotopic (exact) mass is 193 g/mol. The second-order valence-electron chi connectivity index (χ2n) is 3.01. The van der Waals surface area contributed by atoms with Crippen LogP contribution in [0.3, 0.4) is 0 Å². The van der Waals surface area contributed by atoms with Crippen molar-refractivity contribution in [3.05, 3.63) is 35.5 Å². The zero-order chi connectivity index (χ0) is 10.1. The van der Waals surface area contributed by atoms with Crippen molar-refractivity contribution in [2.75, 3.05) is 0 Å². The van der Waals surface area contributed by atoms with Gasteiger partial charge in [0.2, 0.25) is 0 Å². The van der Waals surface area contributed by atoms with Gasteiger partial charge in [-0.05, 0) is 12.1 Å². The number of hydrogen-bond acceptors (Lipinski definition) is 1. The number of H-pyrrole nitrogens is 1. The summed E-state index contributed by atoms with van der Waals surface area (Å²) >= 11 is 0. The molecule has 1 aromatic carbocycles. The van der Waals surface area contributed by atoms with Gasteiger partial charge in [-0.15, -0.1) is 0 Å². The summed E-state index contributed by atoms with van der Waals surface area (Å²) in [6.07, 6.45) is 1.55. The standard InChI is InChI=1S/C10H8FNO2/c11-4-7-5-12-9-3-6(10(13)14)1-2-8(7)9/h1-3,5,12H,4H2,(H,13,14). The third-order valence-corrected chi connectivity index (χ3v) is 2.16. The van der Waals surface area contributed by atoms with Gasteiger partial charge in [-0.25, -0.2) is 9.18 Å². The minimum Gasteiger partial charge on any atom is -0.478 e. The van der Waals surface area contributed by atoms with E-state index in [1.165, 1.54) is 12.1 Å². The lowest BCUT2D eigenvalue weighted by Gasteiger charge is -1.95. The summed E-state index contributed by atoms with van der Waals surface area (Å²) in [6.45, 7) is -0.549. The largest absolute Gasteiger partial charge is 0.478 e. The molecule has 4 heteroatoms. The van der Waals surface area contributed by atoms with Crippen molar-refractivity contribution in [1.29, 1.82) is 0 Å². The van der Waals surface area contributed by atoms with Crippen LogP contribution < -0.4 is 0 Å². The number of carbonyl (C=O) groups is 1. The van der Waals surface area contributed by atoms with Crippen LogP contribution in [0.15, 0.2) is 24.4 Å². The van der Waals surface area contributed by atoms with E-state index in [0.29, 0.717) is 11.1 Å². The zero-order valence-electron chi connectivity index (χ0n) is 7.25. The molecule has 0 fully saturated rings. The molecule has 0 bridgehead atoms. The molecule has 0 amide bonds. The van der Waals surface area contributed by atoms with Crippen LogP contribution in [-0.2, 0) is 6.67 Å². The number of aromatic nitrogens is 1. The maximum absolute atomic E-state index is 12.4. The van der Waals surface area contributed by atoms with Crippen molar-refractivity contribution < 1.29 is 14.3 Å². The summed E-state index contributed by atoms with van der Waals surface area (Å²) in [5, 5.41) is 9.45. The minimum absolute atomic E-state index is 0.199. The fraction of sp³-hybridized carbons (Fsp3) is 0.100. The van der Waals surface area contributed by atoms with E-state index in [2.05, 4.69) is 4.98 Å². The van der Waals surface area contributed by atoms with Crippen LogP contribution >= 0.6 is 0 Å². The number of carboxylic acid groups (broad SMARTS) is 1. The molecular formula is C10H8FNO2. The Morgan fingerprint density at radius 2 is 2.29 bits per heavy atom. The van der Waals surface area contributed by atoms with Gasteiger partial charge >= 0.3 is 5.97 Å². The molecule has 0 aliphatic carbocycles. The first-order valence-electron chi connectivity index (χ1n) is 4.11. The minimum atomic E-state index is -0.983. The summed E-state index contributed by atoms with van der Waals surface area (Å²) < 4.78 is 12.4. The molecule has 2 aromatic rings. The lowest BCUT2D eigenvalue weighted by Crippen LogP contribution is -1.94. The van der Waals surface area contributed by atoms with Gasteiger partial charge in [0.05, 0.1) is 5.56 Å². The van der Waals surface area contributed by atoms with Gasteiger partial charge in [-0.2, -0.15) is 0 Å². The Morgan fingerprint density at radius 1 is 1.50 bits per heavy atom. The maximum Gasteiger partial charge on any atom is 0.335 e. The molecule has 14 heavy (non-hydrogen) atoms. The molecule has 1 aromatic heterocycles. The third kappa shape index (κ3) is 1.25. The number of fused-ring (bicyclic) bond motifs is 1. The summed E-state index contributed by atoms with van der Waals surface area (Å²) in [5.41, 5.74) is 1.40. The number of aromatic carboxylic acids is 1. The Balaban J connectivity index is 2.63. The summed E-state index contributed by atoms with van der Waals surface area (Å²) in [5.74, 6) is -0.983. The molecule has 0 spiro atoms. The van der Waals surface area contributed by atoms with E-state index in [4.69, 9.17) is 5.11 Å². The van der Waals surface area contributed by atoms with Crippen molar-refractivity contribution in [1.82, 2.24) is 4.98 Å². The second kappa shape index (κ2) is 3.14. The molecule has 0 atom stereocenters. The Bertz CT molecular complexity index is 490. The Labute approximate surface area is 79.2 Å². The molecule has 2 N–H and O–H groups in total. The van der Waals surface area contributed by atoms with Crippen LogP contribution in [-0.4, -0.2) is 16.1 Å². The Kier molecular flexibility index (Phi) is 1.96. The molecule has 0 saturated carbocycles. The lowest BCUT2D eigenvalue weighted by molar-refractivity contribution is 0.0697. The van der Waals surface area contributed by atoms with Crippen molar-refractivity contribution in [2.45, 2.75) is 6.67 Å². The predicted molar refractivity (Wildman–Crippen MR) is 50.1 cm³/mol. The Hall–Kier alpha value is -1.84. The third-order valence-electron chi connectivity index (χ3n) is 2.16. The molecule has 0 saturated heterocycles. The van der Waals surface area contributed by atoms with Gasteiger partial charge in [-0.1, -0.05) is 6.07 Å². The number of benzene rings is 1. The first kappa shape index (κ1) is 8.74. The summed E-state index contributed by atoms with van der Waals surface area (Å²) in [6, 6.07) is 4.58. The fourth-order valence-corrected chi connectivity index (χ4v) is 1.43. The number of halogens is 1. The first-order chi connectivity index (χ1) is 6.72. The summed E-state index contributed by atoms with van der Waals surface area (Å²) in [4.78, 5) is 13.5. The van der Waals surface area contributed by atoms with Gasteiger partial charge in [0.25, 0.3) is 0 Å². The van der Waals surface area contributed by atoms with E-state index >= 15 is 0 Å². The maximum atomic E-state index is 12.4. The fourth-order valence-electron chi connectivity index (χ4n) is 1.43. The normalized spacial score (nSPS) is 10.6. The van der Waals surface area contributed by atoms with E-state index in [9.17, 15) is 9.18 Å². The molecule has 0 aliphatic rings. The van der Waals surface area contributed by atoms with Crippen molar-refractivity contribution >= 4 is 16.9 Å². The highest BCUT2D eigenvalue weighted by Crippen LogP contribution is 2.20. The van der Waals surface area contributed by atoms with Crippen LogP contribution in [0.1, 0.15) is 15.9 Å². The Morgan fingerprint density at radius 3 is 2.93 bits per heavy atom. The van der Waals surface area contributed by atoms with Crippen LogP contribution in [0.5, 0.6) is 0 Å². The van der Waals surface area contributed by atoms with E-state index in [1.807, 2.05) is 0 Å². The smallest absolute Gasteiger partial charge is 0.335 e. The van der Waals surface area contributed by atoms with Crippen LogP contribution in [0.4, 0.5) is 4.39 Å². The summed E-state index contributed by atoms with van der Waals surface area (Å²) in [7, 11) is 0. The van der Waals surface area contributed by atoms with Gasteiger partial charge < -0.3 is 10.1 Å². The van der Waals surface area contributed by atoms with Crippen molar-refractivity contribution in [3.8, 4) is 0 Å². The molecular weight excluding hydrogens is 185 g/mol. The molecule has 0 aliphatic heterocycles. The second-order valence-corrected chi connectivity index (χ2v) is 3.01. The quantitative estimate of drug-likeness (QED) is 0.769. The van der Waals surface area contributed by atoms with Gasteiger partial charge in [0.1, 0.15) is 6.67 Å². The van der Waals surface area contributed by atoms with Gasteiger partial charge in [-0.3, -0.25) is 0 Å².